The van der Waals surface area contributed by atoms with Crippen LogP contribution in [0.2, 0.25) is 10.0 Å². The highest BCUT2D eigenvalue weighted by Crippen LogP contribution is 2.53. The Morgan fingerprint density at radius 2 is 1.60 bits per heavy atom. The number of rotatable bonds is 5. The Morgan fingerprint density at radius 1 is 0.971 bits per heavy atom. The van der Waals surface area contributed by atoms with Gasteiger partial charge < -0.3 is 4.74 Å². The summed E-state index contributed by atoms with van der Waals surface area (Å²) < 4.78 is 6.38. The van der Waals surface area contributed by atoms with E-state index in [0.717, 1.165) is 28.7 Å². The first-order valence-corrected chi connectivity index (χ1v) is 13.2. The van der Waals surface area contributed by atoms with Gasteiger partial charge in [-0.1, -0.05) is 58.4 Å². The van der Waals surface area contributed by atoms with Gasteiger partial charge in [-0.15, -0.1) is 0 Å². The van der Waals surface area contributed by atoms with E-state index in [1.165, 1.54) is 9.47 Å². The SMILES string of the molecule is CCOC(=O)Cn1c2c(sc1=O)[C@@H](c1ccc(Cl)cc1)[C@@H]1C(=O)N(c3ccc(Cl)cc3)C(=O)[C@@H]1S2. The van der Waals surface area contributed by atoms with Crippen LogP contribution in [0, 0.1) is 5.92 Å². The zero-order chi connectivity index (χ0) is 24.9. The molecule has 3 heterocycles. The van der Waals surface area contributed by atoms with Crippen molar-refractivity contribution in [2.24, 2.45) is 5.92 Å². The van der Waals surface area contributed by atoms with Gasteiger partial charge in [0.1, 0.15) is 11.8 Å². The van der Waals surface area contributed by atoms with E-state index in [4.69, 9.17) is 27.9 Å². The van der Waals surface area contributed by atoms with Crippen molar-refractivity contribution in [3.8, 4) is 0 Å². The highest BCUT2D eigenvalue weighted by Gasteiger charge is 2.56. The zero-order valence-electron chi connectivity index (χ0n) is 18.3. The third-order valence-electron chi connectivity index (χ3n) is 5.96. The van der Waals surface area contributed by atoms with Crippen LogP contribution in [-0.4, -0.2) is 34.2 Å². The average molecular weight is 549 g/mol. The second-order valence-corrected chi connectivity index (χ2v) is 11.0. The van der Waals surface area contributed by atoms with E-state index in [1.54, 1.807) is 55.5 Å². The number of carbonyl (C=O) groups excluding carboxylic acids is 3. The van der Waals surface area contributed by atoms with Crippen molar-refractivity contribution in [1.29, 1.82) is 0 Å². The lowest BCUT2D eigenvalue weighted by molar-refractivity contribution is -0.144. The molecule has 0 bridgehead atoms. The summed E-state index contributed by atoms with van der Waals surface area (Å²) in [5.41, 5.74) is 1.19. The molecule has 1 saturated heterocycles. The number of benzene rings is 2. The molecule has 2 aliphatic heterocycles. The van der Waals surface area contributed by atoms with Crippen LogP contribution in [-0.2, 0) is 25.7 Å². The van der Waals surface area contributed by atoms with Gasteiger partial charge in [0.15, 0.2) is 0 Å². The molecule has 0 N–H and O–H groups in total. The molecular weight excluding hydrogens is 531 g/mol. The van der Waals surface area contributed by atoms with Gasteiger partial charge in [-0.25, -0.2) is 4.90 Å². The Bertz CT molecular complexity index is 1380. The number of ether oxygens (including phenoxy) is 1. The molecule has 0 radical (unpaired) electrons. The molecule has 0 spiro atoms. The number of aromatic nitrogens is 1. The van der Waals surface area contributed by atoms with E-state index in [9.17, 15) is 19.2 Å². The van der Waals surface area contributed by atoms with E-state index < -0.39 is 23.1 Å². The molecule has 1 fully saturated rings. The van der Waals surface area contributed by atoms with Crippen LogP contribution in [0.15, 0.2) is 58.4 Å². The summed E-state index contributed by atoms with van der Waals surface area (Å²) in [6, 6.07) is 13.5. The monoisotopic (exact) mass is 548 g/mol. The van der Waals surface area contributed by atoms with Crippen LogP contribution >= 0.6 is 46.3 Å². The highest BCUT2D eigenvalue weighted by atomic mass is 35.5. The molecule has 35 heavy (non-hydrogen) atoms. The minimum Gasteiger partial charge on any atom is -0.465 e. The third kappa shape index (κ3) is 4.20. The largest absolute Gasteiger partial charge is 0.465 e. The minimum atomic E-state index is -0.770. The van der Waals surface area contributed by atoms with Crippen molar-refractivity contribution < 1.29 is 19.1 Å². The number of thioether (sulfide) groups is 1. The van der Waals surface area contributed by atoms with Crippen molar-refractivity contribution in [2.45, 2.75) is 29.7 Å². The Balaban J connectivity index is 1.64. The first-order valence-electron chi connectivity index (χ1n) is 10.7. The molecule has 3 atom stereocenters. The fourth-order valence-corrected chi connectivity index (χ4v) is 7.49. The highest BCUT2D eigenvalue weighted by molar-refractivity contribution is 8.00. The summed E-state index contributed by atoms with van der Waals surface area (Å²) in [4.78, 5) is 53.9. The number of esters is 1. The quantitative estimate of drug-likeness (QED) is 0.342. The summed E-state index contributed by atoms with van der Waals surface area (Å²) in [6.07, 6.45) is 0. The van der Waals surface area contributed by atoms with Crippen molar-refractivity contribution in [1.82, 2.24) is 4.57 Å². The van der Waals surface area contributed by atoms with E-state index in [1.807, 2.05) is 0 Å². The number of anilines is 1. The zero-order valence-corrected chi connectivity index (χ0v) is 21.4. The fourth-order valence-electron chi connectivity index (χ4n) is 4.46. The molecule has 180 valence electrons. The molecular formula is C24H18Cl2N2O5S2. The van der Waals surface area contributed by atoms with Gasteiger partial charge in [0, 0.05) is 20.8 Å². The van der Waals surface area contributed by atoms with Gasteiger partial charge >= 0.3 is 10.8 Å². The second-order valence-electron chi connectivity index (χ2n) is 8.01. The predicted octanol–water partition coefficient (Wildman–Crippen LogP) is 4.58. The lowest BCUT2D eigenvalue weighted by Crippen LogP contribution is -2.32. The van der Waals surface area contributed by atoms with Crippen LogP contribution in [0.3, 0.4) is 0 Å². The lowest BCUT2D eigenvalue weighted by Gasteiger charge is -2.30. The number of halogens is 2. The standard InChI is InChI=1S/C24H18Cl2N2O5S2/c1-2-33-16(29)11-27-23-20(35-24(27)32)17(12-3-5-13(25)6-4-12)18-19(34-23)22(31)28(21(18)30)15-9-7-14(26)8-10-15/h3-10,17-19H,2,11H2,1H3/t17-,18-,19+/m0/s1. The third-order valence-corrected chi connectivity index (χ3v) is 9.06. The van der Waals surface area contributed by atoms with Gasteiger partial charge in [0.2, 0.25) is 11.8 Å². The van der Waals surface area contributed by atoms with Crippen LogP contribution in [0.4, 0.5) is 5.69 Å². The van der Waals surface area contributed by atoms with E-state index in [-0.39, 0.29) is 29.8 Å². The molecule has 0 unspecified atom stereocenters. The summed E-state index contributed by atoms with van der Waals surface area (Å²) in [5, 5.41) is 0.756. The Labute approximate surface area is 218 Å². The molecule has 3 aromatic rings. The number of hydrogen-bond acceptors (Lipinski definition) is 7. The maximum Gasteiger partial charge on any atom is 0.326 e. The van der Waals surface area contributed by atoms with E-state index >= 15 is 0 Å². The number of fused-ring (bicyclic) bond motifs is 2. The van der Waals surface area contributed by atoms with Crippen LogP contribution < -0.4 is 9.77 Å². The molecule has 2 aliphatic rings. The smallest absolute Gasteiger partial charge is 0.326 e. The van der Waals surface area contributed by atoms with Gasteiger partial charge in [0.05, 0.1) is 23.2 Å². The van der Waals surface area contributed by atoms with Crippen molar-refractivity contribution >= 4 is 69.8 Å². The van der Waals surface area contributed by atoms with Gasteiger partial charge in [-0.05, 0) is 48.9 Å². The molecule has 1 aromatic heterocycles. The molecule has 2 aromatic carbocycles. The maximum atomic E-state index is 13.7. The van der Waals surface area contributed by atoms with Crippen molar-refractivity contribution in [3.05, 3.63) is 78.7 Å². The summed E-state index contributed by atoms with van der Waals surface area (Å²) in [6.45, 7) is 1.61. The van der Waals surface area contributed by atoms with Crippen LogP contribution in [0.1, 0.15) is 23.3 Å². The fraction of sp³-hybridized carbons (Fsp3) is 0.250. The van der Waals surface area contributed by atoms with Gasteiger partial charge in [0.25, 0.3) is 0 Å². The minimum absolute atomic E-state index is 0.189. The summed E-state index contributed by atoms with van der Waals surface area (Å²) in [7, 11) is 0. The number of thiazole rings is 1. The van der Waals surface area contributed by atoms with Gasteiger partial charge in [-0.3, -0.25) is 23.7 Å². The summed E-state index contributed by atoms with van der Waals surface area (Å²) in [5.74, 6) is -2.55. The Morgan fingerprint density at radius 3 is 2.23 bits per heavy atom. The topological polar surface area (TPSA) is 85.7 Å². The second kappa shape index (κ2) is 9.46. The maximum absolute atomic E-state index is 13.7. The number of imide groups is 1. The average Bonchev–Trinajstić information content (AvgIpc) is 3.27. The predicted molar refractivity (Wildman–Crippen MR) is 136 cm³/mol. The van der Waals surface area contributed by atoms with Crippen molar-refractivity contribution in [3.63, 3.8) is 0 Å². The van der Waals surface area contributed by atoms with Gasteiger partial charge in [-0.2, -0.15) is 0 Å². The normalized spacial score (nSPS) is 21.1. The number of nitrogens with zero attached hydrogens (tertiary/aromatic N) is 2. The Kier molecular flexibility index (Phi) is 6.52. The van der Waals surface area contributed by atoms with E-state index in [0.29, 0.717) is 25.6 Å². The lowest BCUT2D eigenvalue weighted by atomic mass is 9.83. The van der Waals surface area contributed by atoms with E-state index in [2.05, 4.69) is 0 Å². The van der Waals surface area contributed by atoms with Crippen LogP contribution in [0.5, 0.6) is 0 Å². The molecule has 0 saturated carbocycles. The first kappa shape index (κ1) is 24.1. The summed E-state index contributed by atoms with van der Waals surface area (Å²) >= 11 is 14.2. The molecule has 11 heteroatoms. The molecule has 0 aliphatic carbocycles. The molecule has 2 amide bonds. The van der Waals surface area contributed by atoms with Crippen LogP contribution in [0.25, 0.3) is 0 Å². The first-order chi connectivity index (χ1) is 16.8. The molecule has 7 nitrogen and oxygen atoms in total. The van der Waals surface area contributed by atoms with Crippen molar-refractivity contribution in [2.75, 3.05) is 11.5 Å². The number of carbonyl (C=O) groups is 3. The number of hydrogen-bond donors (Lipinski definition) is 0. The Hall–Kier alpha value is -2.59. The number of amides is 2. The molecule has 5 rings (SSSR count).